The van der Waals surface area contributed by atoms with Crippen molar-refractivity contribution in [2.45, 2.75) is 24.8 Å². The fraction of sp³-hybridized carbons (Fsp3) is 0.286. The van der Waals surface area contributed by atoms with E-state index >= 15 is 0 Å². The predicted molar refractivity (Wildman–Crippen MR) is 81.4 cm³/mol. The Morgan fingerprint density at radius 2 is 1.86 bits per heavy atom. The smallest absolute Gasteiger partial charge is 0.245 e. The highest BCUT2D eigenvalue weighted by Gasteiger charge is 2.29. The zero-order valence-corrected chi connectivity index (χ0v) is 13.4. The van der Waals surface area contributed by atoms with Crippen molar-refractivity contribution in [2.75, 3.05) is 0 Å². The van der Waals surface area contributed by atoms with Crippen molar-refractivity contribution in [3.8, 4) is 0 Å². The Bertz CT molecular complexity index is 797. The van der Waals surface area contributed by atoms with Crippen molar-refractivity contribution < 1.29 is 13.2 Å². The maximum atomic E-state index is 12.6. The Kier molecular flexibility index (Phi) is 4.34. The lowest BCUT2D eigenvalue weighted by Gasteiger charge is -2.16. The third kappa shape index (κ3) is 3.02. The molecule has 118 valence electrons. The number of nitrogens with two attached hydrogens (primary N) is 1. The molecule has 22 heavy (non-hydrogen) atoms. The van der Waals surface area contributed by atoms with Crippen LogP contribution in [0.25, 0.3) is 0 Å². The Hall–Kier alpha value is -2.19. The molecule has 1 amide bonds. The number of carbonyl (C=O) groups is 1. The first-order valence-electron chi connectivity index (χ1n) is 6.61. The summed E-state index contributed by atoms with van der Waals surface area (Å²) in [6.07, 6.45) is 0. The first kappa shape index (κ1) is 16.2. The molecule has 0 saturated carbocycles. The van der Waals surface area contributed by atoms with Crippen LogP contribution in [0.15, 0.2) is 35.2 Å². The van der Waals surface area contributed by atoms with Crippen molar-refractivity contribution in [3.05, 3.63) is 47.3 Å². The third-order valence-electron chi connectivity index (χ3n) is 3.40. The zero-order chi connectivity index (χ0) is 16.5. The summed E-state index contributed by atoms with van der Waals surface area (Å²) in [6, 6.07) is 7.33. The topological polar surface area (TPSA) is 107 Å². The molecule has 3 N–H and O–H groups in total. The van der Waals surface area contributed by atoms with Crippen LogP contribution >= 0.6 is 0 Å². The number of benzene rings is 1. The molecular formula is C14H18N4O3S. The maximum Gasteiger partial charge on any atom is 0.245 e. The van der Waals surface area contributed by atoms with Gasteiger partial charge < -0.3 is 5.73 Å². The van der Waals surface area contributed by atoms with E-state index in [9.17, 15) is 13.2 Å². The molecule has 0 bridgehead atoms. The van der Waals surface area contributed by atoms with Gasteiger partial charge in [-0.05, 0) is 19.4 Å². The minimum absolute atomic E-state index is 0.0668. The molecule has 2 aromatic rings. The fourth-order valence-electron chi connectivity index (χ4n) is 2.29. The molecule has 0 spiro atoms. The van der Waals surface area contributed by atoms with Crippen LogP contribution in [0.4, 0.5) is 0 Å². The number of hydrogen-bond donors (Lipinski definition) is 2. The summed E-state index contributed by atoms with van der Waals surface area (Å²) < 4.78 is 29.0. The summed E-state index contributed by atoms with van der Waals surface area (Å²) in [5.41, 5.74) is 6.68. The molecule has 1 aromatic heterocycles. The Labute approximate surface area is 129 Å². The average Bonchev–Trinajstić information content (AvgIpc) is 2.70. The second-order valence-corrected chi connectivity index (χ2v) is 6.64. The monoisotopic (exact) mass is 322 g/mol. The summed E-state index contributed by atoms with van der Waals surface area (Å²) in [7, 11) is -2.27. The summed E-state index contributed by atoms with van der Waals surface area (Å²) in [5.74, 6) is -0.769. The first-order valence-corrected chi connectivity index (χ1v) is 8.09. The third-order valence-corrected chi connectivity index (χ3v) is 5.08. The van der Waals surface area contributed by atoms with Crippen LogP contribution in [-0.2, 0) is 21.9 Å². The number of primary amides is 1. The standard InChI is InChI=1S/C14H18N4O3S/c1-9-13(10(2)18(3)16-9)22(20,21)17-12(14(15)19)11-7-5-4-6-8-11/h4-8,12,17H,1-3H3,(H2,15,19)/t12-/m0/s1. The molecule has 0 aliphatic rings. The van der Waals surface area contributed by atoms with Crippen molar-refractivity contribution >= 4 is 15.9 Å². The number of hydrogen-bond acceptors (Lipinski definition) is 4. The molecular weight excluding hydrogens is 304 g/mol. The molecule has 0 fully saturated rings. The lowest BCUT2D eigenvalue weighted by atomic mass is 10.1. The van der Waals surface area contributed by atoms with Gasteiger partial charge in [-0.15, -0.1) is 0 Å². The molecule has 8 heteroatoms. The van der Waals surface area contributed by atoms with E-state index in [4.69, 9.17) is 5.73 Å². The van der Waals surface area contributed by atoms with E-state index < -0.39 is 22.0 Å². The Balaban J connectivity index is 2.44. The van der Waals surface area contributed by atoms with Gasteiger partial charge in [0, 0.05) is 7.05 Å². The normalized spacial score (nSPS) is 13.0. The van der Waals surface area contributed by atoms with Gasteiger partial charge in [-0.25, -0.2) is 8.42 Å². The molecule has 1 atom stereocenters. The summed E-state index contributed by atoms with van der Waals surface area (Å²) in [5, 5.41) is 4.08. The van der Waals surface area contributed by atoms with E-state index in [-0.39, 0.29) is 4.90 Å². The number of rotatable bonds is 5. The van der Waals surface area contributed by atoms with E-state index in [1.54, 1.807) is 51.2 Å². The van der Waals surface area contributed by atoms with Crippen LogP contribution in [0, 0.1) is 13.8 Å². The van der Waals surface area contributed by atoms with Gasteiger partial charge in [-0.3, -0.25) is 9.48 Å². The number of nitrogens with zero attached hydrogens (tertiary/aromatic N) is 2. The van der Waals surface area contributed by atoms with Gasteiger partial charge in [0.05, 0.1) is 11.4 Å². The van der Waals surface area contributed by atoms with E-state index in [1.165, 1.54) is 4.68 Å². The second kappa shape index (κ2) is 5.90. The van der Waals surface area contributed by atoms with E-state index in [0.717, 1.165) is 0 Å². The first-order chi connectivity index (χ1) is 10.2. The zero-order valence-electron chi connectivity index (χ0n) is 12.6. The fourth-order valence-corrected chi connectivity index (χ4v) is 3.92. The lowest BCUT2D eigenvalue weighted by molar-refractivity contribution is -0.119. The molecule has 1 heterocycles. The second-order valence-electron chi connectivity index (χ2n) is 4.99. The highest BCUT2D eigenvalue weighted by atomic mass is 32.2. The number of amides is 1. The van der Waals surface area contributed by atoms with Crippen LogP contribution in [0.1, 0.15) is 23.0 Å². The number of carbonyl (C=O) groups excluding carboxylic acids is 1. The number of aryl methyl sites for hydroxylation is 2. The molecule has 0 saturated heterocycles. The van der Waals surface area contributed by atoms with E-state index in [2.05, 4.69) is 9.82 Å². The van der Waals surface area contributed by atoms with Crippen LogP contribution in [0.3, 0.4) is 0 Å². The van der Waals surface area contributed by atoms with Crippen LogP contribution in [-0.4, -0.2) is 24.1 Å². The highest BCUT2D eigenvalue weighted by Crippen LogP contribution is 2.22. The molecule has 1 aromatic carbocycles. The van der Waals surface area contributed by atoms with Gasteiger partial charge in [0.25, 0.3) is 0 Å². The summed E-state index contributed by atoms with van der Waals surface area (Å²) in [4.78, 5) is 11.7. The Morgan fingerprint density at radius 1 is 1.27 bits per heavy atom. The minimum atomic E-state index is -3.93. The van der Waals surface area contributed by atoms with Crippen LogP contribution in [0.5, 0.6) is 0 Å². The van der Waals surface area contributed by atoms with Gasteiger partial charge in [-0.1, -0.05) is 30.3 Å². The molecule has 0 aliphatic heterocycles. The molecule has 0 unspecified atom stereocenters. The largest absolute Gasteiger partial charge is 0.368 e. The highest BCUT2D eigenvalue weighted by molar-refractivity contribution is 7.89. The van der Waals surface area contributed by atoms with E-state index in [1.807, 2.05) is 0 Å². The average molecular weight is 322 g/mol. The molecule has 7 nitrogen and oxygen atoms in total. The van der Waals surface area contributed by atoms with Gasteiger partial charge in [0.15, 0.2) is 0 Å². The quantitative estimate of drug-likeness (QED) is 0.837. The van der Waals surface area contributed by atoms with Crippen molar-refractivity contribution in [2.24, 2.45) is 12.8 Å². The number of aromatic nitrogens is 2. The van der Waals surface area contributed by atoms with Gasteiger partial charge >= 0.3 is 0 Å². The van der Waals surface area contributed by atoms with Crippen molar-refractivity contribution in [1.82, 2.24) is 14.5 Å². The number of nitrogens with one attached hydrogen (secondary N) is 1. The SMILES string of the molecule is Cc1nn(C)c(C)c1S(=O)(=O)N[C@H](C(N)=O)c1ccccc1. The van der Waals surface area contributed by atoms with Crippen LogP contribution < -0.4 is 10.5 Å². The van der Waals surface area contributed by atoms with Gasteiger partial charge in [0.1, 0.15) is 10.9 Å². The van der Waals surface area contributed by atoms with Crippen LogP contribution in [0.2, 0.25) is 0 Å². The maximum absolute atomic E-state index is 12.6. The molecule has 2 rings (SSSR count). The number of sulfonamides is 1. The lowest BCUT2D eigenvalue weighted by Crippen LogP contribution is -2.37. The molecule has 0 aliphatic carbocycles. The Morgan fingerprint density at radius 3 is 2.32 bits per heavy atom. The summed E-state index contributed by atoms with van der Waals surface area (Å²) >= 11 is 0. The van der Waals surface area contributed by atoms with Gasteiger partial charge in [-0.2, -0.15) is 9.82 Å². The predicted octanol–water partition coefficient (Wildman–Crippen LogP) is 0.542. The van der Waals surface area contributed by atoms with E-state index in [0.29, 0.717) is 17.0 Å². The van der Waals surface area contributed by atoms with Gasteiger partial charge in [0.2, 0.25) is 15.9 Å². The summed E-state index contributed by atoms with van der Waals surface area (Å²) in [6.45, 7) is 3.25. The molecule has 0 radical (unpaired) electrons. The minimum Gasteiger partial charge on any atom is -0.368 e. The van der Waals surface area contributed by atoms with Crippen molar-refractivity contribution in [1.29, 1.82) is 0 Å². The van der Waals surface area contributed by atoms with Crippen molar-refractivity contribution in [3.63, 3.8) is 0 Å².